The third-order valence-corrected chi connectivity index (χ3v) is 5.88. The van der Waals surface area contributed by atoms with E-state index in [4.69, 9.17) is 4.74 Å². The zero-order valence-electron chi connectivity index (χ0n) is 15.5. The summed E-state index contributed by atoms with van der Waals surface area (Å²) in [5.74, 6) is 1.47. The highest BCUT2D eigenvalue weighted by Crippen LogP contribution is 2.35. The molecule has 4 rings (SSSR count). The van der Waals surface area contributed by atoms with Gasteiger partial charge in [-0.05, 0) is 56.8 Å². The Balaban J connectivity index is 1.32. The van der Waals surface area contributed by atoms with Crippen LogP contribution in [0.5, 0.6) is 5.75 Å². The molecule has 2 fully saturated rings. The van der Waals surface area contributed by atoms with Crippen molar-refractivity contribution in [3.05, 3.63) is 29.3 Å². The average Bonchev–Trinajstić information content (AvgIpc) is 3.25. The van der Waals surface area contributed by atoms with Gasteiger partial charge in [0.1, 0.15) is 11.4 Å². The minimum absolute atomic E-state index is 0.0853. The molecule has 25 heavy (non-hydrogen) atoms. The average molecular weight is 342 g/mol. The number of carbonyl (C=O) groups is 1. The summed E-state index contributed by atoms with van der Waals surface area (Å²) in [5, 5.41) is 3.27. The van der Waals surface area contributed by atoms with Crippen molar-refractivity contribution in [3.63, 3.8) is 0 Å². The molecule has 0 unspecified atom stereocenters. The molecule has 2 heterocycles. The Labute approximate surface area is 150 Å². The van der Waals surface area contributed by atoms with Crippen LogP contribution in [-0.2, 0) is 17.8 Å². The van der Waals surface area contributed by atoms with Gasteiger partial charge in [0.2, 0.25) is 5.91 Å². The molecule has 2 aliphatic heterocycles. The largest absolute Gasteiger partial charge is 0.487 e. The predicted molar refractivity (Wildman–Crippen MR) is 98.6 cm³/mol. The quantitative estimate of drug-likeness (QED) is 0.913. The highest BCUT2D eigenvalue weighted by atomic mass is 16.5. The van der Waals surface area contributed by atoms with Crippen LogP contribution < -0.4 is 10.1 Å². The van der Waals surface area contributed by atoms with Crippen LogP contribution in [0.3, 0.4) is 0 Å². The van der Waals surface area contributed by atoms with Crippen LogP contribution in [0, 0.1) is 5.92 Å². The van der Waals surface area contributed by atoms with Crippen LogP contribution in [0.1, 0.15) is 57.1 Å². The van der Waals surface area contributed by atoms with Gasteiger partial charge in [-0.25, -0.2) is 0 Å². The molecule has 3 aliphatic rings. The van der Waals surface area contributed by atoms with Crippen LogP contribution in [0.25, 0.3) is 0 Å². The summed E-state index contributed by atoms with van der Waals surface area (Å²) in [6.45, 7) is 7.11. The zero-order chi connectivity index (χ0) is 17.4. The van der Waals surface area contributed by atoms with Crippen molar-refractivity contribution in [2.75, 3.05) is 13.1 Å². The van der Waals surface area contributed by atoms with Crippen molar-refractivity contribution in [1.82, 2.24) is 10.2 Å². The molecule has 4 heteroatoms. The lowest BCUT2D eigenvalue weighted by Crippen LogP contribution is -2.38. The van der Waals surface area contributed by atoms with E-state index < -0.39 is 0 Å². The van der Waals surface area contributed by atoms with E-state index >= 15 is 0 Å². The maximum Gasteiger partial charge on any atom is 0.224 e. The monoisotopic (exact) mass is 342 g/mol. The Kier molecular flexibility index (Phi) is 4.48. The second-order valence-electron chi connectivity index (χ2n) is 8.69. The van der Waals surface area contributed by atoms with Gasteiger partial charge in [0.15, 0.2) is 0 Å². The Hall–Kier alpha value is -1.55. The van der Waals surface area contributed by atoms with Crippen LogP contribution in [0.2, 0.25) is 0 Å². The van der Waals surface area contributed by atoms with E-state index in [0.29, 0.717) is 6.04 Å². The molecule has 1 saturated carbocycles. The number of hydrogen-bond donors (Lipinski definition) is 1. The zero-order valence-corrected chi connectivity index (χ0v) is 15.5. The second kappa shape index (κ2) is 6.64. The summed E-state index contributed by atoms with van der Waals surface area (Å²) in [5.41, 5.74) is 2.56. The molecular formula is C21H30N2O2. The minimum Gasteiger partial charge on any atom is -0.487 e. The molecule has 0 radical (unpaired) electrons. The summed E-state index contributed by atoms with van der Waals surface area (Å²) in [4.78, 5) is 14.9. The summed E-state index contributed by atoms with van der Waals surface area (Å²) in [6.07, 6.45) is 6.81. The number of benzene rings is 1. The fraction of sp³-hybridized carbons (Fsp3) is 0.667. The SMILES string of the molecule is CC1(C)Cc2cc(CN3CC[C@H](C(=O)NC4CCCC4)C3)ccc2O1. The standard InChI is InChI=1S/C21H30N2O2/c1-21(2)12-17-11-15(7-8-19(17)25-21)13-23-10-9-16(14-23)20(24)22-18-5-3-4-6-18/h7-8,11,16,18H,3-6,9-10,12-14H2,1-2H3,(H,22,24)/t16-/m0/s1. The molecule has 4 nitrogen and oxygen atoms in total. The van der Waals surface area contributed by atoms with Gasteiger partial charge >= 0.3 is 0 Å². The molecule has 0 bridgehead atoms. The highest BCUT2D eigenvalue weighted by molar-refractivity contribution is 5.79. The molecular weight excluding hydrogens is 312 g/mol. The lowest BCUT2D eigenvalue weighted by atomic mass is 10.00. The highest BCUT2D eigenvalue weighted by Gasteiger charge is 2.32. The maximum absolute atomic E-state index is 12.5. The van der Waals surface area contributed by atoms with Crippen molar-refractivity contribution in [3.8, 4) is 5.75 Å². The first-order valence-electron chi connectivity index (χ1n) is 9.82. The topological polar surface area (TPSA) is 41.6 Å². The molecule has 1 aliphatic carbocycles. The van der Waals surface area contributed by atoms with Crippen LogP contribution in [-0.4, -0.2) is 35.5 Å². The summed E-state index contributed by atoms with van der Waals surface area (Å²) in [6, 6.07) is 7.00. The fourth-order valence-electron chi connectivity index (χ4n) is 4.60. The van der Waals surface area contributed by atoms with Crippen LogP contribution in [0.15, 0.2) is 18.2 Å². The number of ether oxygens (including phenoxy) is 1. The number of nitrogens with one attached hydrogen (secondary N) is 1. The van der Waals surface area contributed by atoms with E-state index in [2.05, 4.69) is 42.3 Å². The molecule has 1 atom stereocenters. The van der Waals surface area contributed by atoms with Crippen molar-refractivity contribution >= 4 is 5.91 Å². The molecule has 0 aromatic heterocycles. The van der Waals surface area contributed by atoms with E-state index in [1.54, 1.807) is 0 Å². The summed E-state index contributed by atoms with van der Waals surface area (Å²) >= 11 is 0. The molecule has 1 amide bonds. The number of fused-ring (bicyclic) bond motifs is 1. The number of nitrogens with zero attached hydrogens (tertiary/aromatic N) is 1. The van der Waals surface area contributed by atoms with Gasteiger partial charge in [0, 0.05) is 25.6 Å². The number of hydrogen-bond acceptors (Lipinski definition) is 3. The van der Waals surface area contributed by atoms with Crippen molar-refractivity contribution in [1.29, 1.82) is 0 Å². The van der Waals surface area contributed by atoms with Gasteiger partial charge in [-0.2, -0.15) is 0 Å². The molecule has 1 aromatic rings. The van der Waals surface area contributed by atoms with Crippen molar-refractivity contribution < 1.29 is 9.53 Å². The maximum atomic E-state index is 12.5. The first-order valence-corrected chi connectivity index (χ1v) is 9.82. The lowest BCUT2D eigenvalue weighted by molar-refractivity contribution is -0.125. The van der Waals surface area contributed by atoms with Gasteiger partial charge in [-0.1, -0.05) is 25.0 Å². The Morgan fingerprint density at radius 2 is 2.08 bits per heavy atom. The van der Waals surface area contributed by atoms with Gasteiger partial charge in [-0.15, -0.1) is 0 Å². The van der Waals surface area contributed by atoms with E-state index in [1.165, 1.54) is 24.0 Å². The van der Waals surface area contributed by atoms with Gasteiger partial charge in [-0.3, -0.25) is 9.69 Å². The third kappa shape index (κ3) is 3.84. The third-order valence-electron chi connectivity index (χ3n) is 5.88. The van der Waals surface area contributed by atoms with Crippen molar-refractivity contribution in [2.45, 2.75) is 70.6 Å². The first kappa shape index (κ1) is 16.9. The van der Waals surface area contributed by atoms with Gasteiger partial charge in [0.25, 0.3) is 0 Å². The first-order chi connectivity index (χ1) is 12.0. The number of likely N-dealkylation sites (tertiary alicyclic amines) is 1. The molecule has 136 valence electrons. The number of amides is 1. The van der Waals surface area contributed by atoms with E-state index in [0.717, 1.165) is 51.1 Å². The Morgan fingerprint density at radius 1 is 1.28 bits per heavy atom. The van der Waals surface area contributed by atoms with E-state index in [-0.39, 0.29) is 17.4 Å². The number of carbonyl (C=O) groups excluding carboxylic acids is 1. The smallest absolute Gasteiger partial charge is 0.224 e. The van der Waals surface area contributed by atoms with Crippen LogP contribution >= 0.6 is 0 Å². The molecule has 1 aromatic carbocycles. The van der Waals surface area contributed by atoms with Gasteiger partial charge < -0.3 is 10.1 Å². The summed E-state index contributed by atoms with van der Waals surface area (Å²) in [7, 11) is 0. The Bertz CT molecular complexity index is 649. The fourth-order valence-corrected chi connectivity index (χ4v) is 4.60. The minimum atomic E-state index is -0.0853. The molecule has 0 spiro atoms. The van der Waals surface area contributed by atoms with Crippen LogP contribution in [0.4, 0.5) is 0 Å². The number of rotatable bonds is 4. The summed E-state index contributed by atoms with van der Waals surface area (Å²) < 4.78 is 5.96. The lowest BCUT2D eigenvalue weighted by Gasteiger charge is -2.18. The normalized spacial score (nSPS) is 25.8. The Morgan fingerprint density at radius 3 is 2.88 bits per heavy atom. The van der Waals surface area contributed by atoms with E-state index in [9.17, 15) is 4.79 Å². The molecule has 1 N–H and O–H groups in total. The second-order valence-corrected chi connectivity index (χ2v) is 8.69. The van der Waals surface area contributed by atoms with E-state index in [1.807, 2.05) is 0 Å². The van der Waals surface area contributed by atoms with Crippen molar-refractivity contribution in [2.24, 2.45) is 5.92 Å². The molecule has 1 saturated heterocycles. The van der Waals surface area contributed by atoms with Gasteiger partial charge in [0.05, 0.1) is 5.92 Å². The predicted octanol–water partition coefficient (Wildman–Crippen LogP) is 3.28.